The van der Waals surface area contributed by atoms with Gasteiger partial charge in [-0.3, -0.25) is 9.69 Å². The quantitative estimate of drug-likeness (QED) is 0.517. The number of para-hydroxylation sites is 1. The second kappa shape index (κ2) is 6.96. The summed E-state index contributed by atoms with van der Waals surface area (Å²) in [7, 11) is 0. The summed E-state index contributed by atoms with van der Waals surface area (Å²) in [5.74, 6) is -0.302. The lowest BCUT2D eigenvalue weighted by Gasteiger charge is -2.15. The SMILES string of the molecule is N#Cc1ccccc1N1C(=O)/C(=C/c2c(Cl)cccc2Cl)SC1=S. The summed E-state index contributed by atoms with van der Waals surface area (Å²) in [5, 5.41) is 10.1. The van der Waals surface area contributed by atoms with Crippen LogP contribution in [0.4, 0.5) is 5.69 Å². The van der Waals surface area contributed by atoms with Gasteiger partial charge in [-0.15, -0.1) is 0 Å². The highest BCUT2D eigenvalue weighted by atomic mass is 35.5. The van der Waals surface area contributed by atoms with E-state index in [1.54, 1.807) is 48.5 Å². The van der Waals surface area contributed by atoms with Crippen molar-refractivity contribution in [1.29, 1.82) is 5.26 Å². The molecule has 0 spiro atoms. The normalized spacial score (nSPS) is 15.9. The minimum Gasteiger partial charge on any atom is -0.268 e. The molecule has 0 N–H and O–H groups in total. The fourth-order valence-electron chi connectivity index (χ4n) is 2.22. The van der Waals surface area contributed by atoms with Crippen molar-refractivity contribution in [2.75, 3.05) is 4.90 Å². The van der Waals surface area contributed by atoms with Gasteiger partial charge in [-0.2, -0.15) is 5.26 Å². The van der Waals surface area contributed by atoms with Gasteiger partial charge in [0, 0.05) is 15.6 Å². The van der Waals surface area contributed by atoms with Gasteiger partial charge in [0.1, 0.15) is 6.07 Å². The Balaban J connectivity index is 2.04. The molecule has 1 fully saturated rings. The first kappa shape index (κ1) is 17.0. The van der Waals surface area contributed by atoms with Crippen molar-refractivity contribution in [1.82, 2.24) is 0 Å². The zero-order valence-electron chi connectivity index (χ0n) is 12.0. The van der Waals surface area contributed by atoms with Gasteiger partial charge in [-0.1, -0.05) is 65.4 Å². The molecule has 1 saturated heterocycles. The Bertz CT molecular complexity index is 914. The molecule has 1 aliphatic rings. The van der Waals surface area contributed by atoms with Gasteiger partial charge in [0.2, 0.25) is 0 Å². The minimum absolute atomic E-state index is 0.302. The van der Waals surface area contributed by atoms with Crippen LogP contribution in [0.2, 0.25) is 10.0 Å². The van der Waals surface area contributed by atoms with Gasteiger partial charge >= 0.3 is 0 Å². The lowest BCUT2D eigenvalue weighted by molar-refractivity contribution is -0.113. The molecule has 0 radical (unpaired) electrons. The maximum Gasteiger partial charge on any atom is 0.270 e. The van der Waals surface area contributed by atoms with Crippen LogP contribution in [0.1, 0.15) is 11.1 Å². The fraction of sp³-hybridized carbons (Fsp3) is 0. The Kier molecular flexibility index (Phi) is 4.93. The maximum absolute atomic E-state index is 12.8. The van der Waals surface area contributed by atoms with Crippen LogP contribution in [0, 0.1) is 11.3 Å². The summed E-state index contributed by atoms with van der Waals surface area (Å²) >= 11 is 18.8. The third-order valence-corrected chi connectivity index (χ3v) is 5.30. The summed E-state index contributed by atoms with van der Waals surface area (Å²) in [6, 6.07) is 14.0. The van der Waals surface area contributed by atoms with Crippen molar-refractivity contribution < 1.29 is 4.79 Å². The summed E-state index contributed by atoms with van der Waals surface area (Å²) < 4.78 is 0.358. The van der Waals surface area contributed by atoms with E-state index in [0.717, 1.165) is 11.8 Å². The average molecular weight is 391 g/mol. The lowest BCUT2D eigenvalue weighted by atomic mass is 10.1. The van der Waals surface area contributed by atoms with Crippen LogP contribution < -0.4 is 4.90 Å². The zero-order valence-corrected chi connectivity index (χ0v) is 15.1. The Morgan fingerprint density at radius 1 is 1.12 bits per heavy atom. The summed E-state index contributed by atoms with van der Waals surface area (Å²) in [5.41, 5.74) is 1.41. The average Bonchev–Trinajstić information content (AvgIpc) is 2.85. The van der Waals surface area contributed by atoms with Crippen molar-refractivity contribution in [3.05, 3.63) is 68.5 Å². The first-order valence-electron chi connectivity index (χ1n) is 6.74. The van der Waals surface area contributed by atoms with Crippen molar-refractivity contribution in [3.8, 4) is 6.07 Å². The van der Waals surface area contributed by atoms with Crippen LogP contribution in [-0.4, -0.2) is 10.2 Å². The number of halogens is 2. The van der Waals surface area contributed by atoms with E-state index < -0.39 is 0 Å². The highest BCUT2D eigenvalue weighted by molar-refractivity contribution is 8.27. The molecule has 2 aromatic rings. The van der Waals surface area contributed by atoms with Crippen LogP contribution in [0.5, 0.6) is 0 Å². The van der Waals surface area contributed by atoms with Gasteiger partial charge in [-0.25, -0.2) is 0 Å². The van der Waals surface area contributed by atoms with Gasteiger partial charge in [0.25, 0.3) is 5.91 Å². The molecular formula is C17H8Cl2N2OS2. The number of anilines is 1. The van der Waals surface area contributed by atoms with E-state index >= 15 is 0 Å². The number of nitriles is 1. The third kappa shape index (κ3) is 3.06. The molecule has 3 nitrogen and oxygen atoms in total. The number of nitrogens with zero attached hydrogens (tertiary/aromatic N) is 2. The number of hydrogen-bond acceptors (Lipinski definition) is 4. The van der Waals surface area contributed by atoms with Crippen LogP contribution in [-0.2, 0) is 4.79 Å². The fourth-order valence-corrected chi connectivity index (χ4v) is 3.99. The van der Waals surface area contributed by atoms with Gasteiger partial charge in [0.05, 0.1) is 16.2 Å². The second-order valence-corrected chi connectivity index (χ2v) is 7.27. The van der Waals surface area contributed by atoms with Crippen LogP contribution in [0.3, 0.4) is 0 Å². The van der Waals surface area contributed by atoms with Gasteiger partial charge < -0.3 is 0 Å². The number of benzene rings is 2. The van der Waals surface area contributed by atoms with E-state index in [-0.39, 0.29) is 5.91 Å². The zero-order chi connectivity index (χ0) is 17.3. The molecule has 2 aromatic carbocycles. The molecule has 0 unspecified atom stereocenters. The summed E-state index contributed by atoms with van der Waals surface area (Å²) in [4.78, 5) is 14.5. The molecule has 1 aliphatic heterocycles. The Labute approximate surface area is 158 Å². The van der Waals surface area contributed by atoms with Crippen LogP contribution in [0.15, 0.2) is 47.4 Å². The molecule has 24 heavy (non-hydrogen) atoms. The van der Waals surface area contributed by atoms with Crippen LogP contribution >= 0.6 is 47.2 Å². The number of rotatable bonds is 2. The first-order valence-corrected chi connectivity index (χ1v) is 8.72. The standard InChI is InChI=1S/C17H8Cl2N2OS2/c18-12-5-3-6-13(19)11(12)8-15-16(22)21(17(23)24-15)14-7-2-1-4-10(14)9-20/h1-8H/b15-8-. The molecule has 0 bridgehead atoms. The number of thioether (sulfide) groups is 1. The van der Waals surface area contributed by atoms with Crippen molar-refractivity contribution in [2.24, 2.45) is 0 Å². The molecule has 118 valence electrons. The Morgan fingerprint density at radius 2 is 1.79 bits per heavy atom. The molecular weight excluding hydrogens is 383 g/mol. The van der Waals surface area contributed by atoms with E-state index in [4.69, 9.17) is 35.4 Å². The Hall–Kier alpha value is -1.84. The van der Waals surface area contributed by atoms with E-state index in [1.807, 2.05) is 0 Å². The molecule has 0 saturated carbocycles. The molecule has 0 aromatic heterocycles. The topological polar surface area (TPSA) is 44.1 Å². The second-order valence-electron chi connectivity index (χ2n) is 4.78. The van der Waals surface area contributed by atoms with E-state index in [1.165, 1.54) is 4.90 Å². The monoisotopic (exact) mass is 390 g/mol. The largest absolute Gasteiger partial charge is 0.270 e. The summed E-state index contributed by atoms with van der Waals surface area (Å²) in [6.45, 7) is 0. The molecule has 7 heteroatoms. The lowest BCUT2D eigenvalue weighted by Crippen LogP contribution is -2.28. The maximum atomic E-state index is 12.8. The third-order valence-electron chi connectivity index (χ3n) is 3.33. The van der Waals surface area contributed by atoms with Gasteiger partial charge in [-0.05, 0) is 30.3 Å². The van der Waals surface area contributed by atoms with Crippen molar-refractivity contribution in [3.63, 3.8) is 0 Å². The Morgan fingerprint density at radius 3 is 2.46 bits per heavy atom. The van der Waals surface area contributed by atoms with Crippen molar-refractivity contribution in [2.45, 2.75) is 0 Å². The van der Waals surface area contributed by atoms with E-state index in [9.17, 15) is 10.1 Å². The number of carbonyl (C=O) groups is 1. The predicted octanol–water partition coefficient (Wildman–Crippen LogP) is 5.27. The smallest absolute Gasteiger partial charge is 0.268 e. The number of amides is 1. The van der Waals surface area contributed by atoms with Gasteiger partial charge in [0.15, 0.2) is 4.32 Å². The summed E-state index contributed by atoms with van der Waals surface area (Å²) in [6.07, 6.45) is 1.62. The molecule has 3 rings (SSSR count). The highest BCUT2D eigenvalue weighted by Gasteiger charge is 2.34. The molecule has 1 amide bonds. The molecule has 0 aliphatic carbocycles. The van der Waals surface area contributed by atoms with E-state index in [0.29, 0.717) is 36.1 Å². The number of thiocarbonyl (C=S) groups is 1. The van der Waals surface area contributed by atoms with Crippen molar-refractivity contribution >= 4 is 69.2 Å². The predicted molar refractivity (Wildman–Crippen MR) is 103 cm³/mol. The molecule has 1 heterocycles. The number of hydrogen-bond donors (Lipinski definition) is 0. The number of carbonyl (C=O) groups excluding carboxylic acids is 1. The minimum atomic E-state index is -0.302. The highest BCUT2D eigenvalue weighted by Crippen LogP contribution is 2.38. The van der Waals surface area contributed by atoms with E-state index in [2.05, 4.69) is 6.07 Å². The first-order chi connectivity index (χ1) is 11.5. The molecule has 0 atom stereocenters. The van der Waals surface area contributed by atoms with Crippen LogP contribution in [0.25, 0.3) is 6.08 Å².